The molecule has 0 fully saturated rings. The van der Waals surface area contributed by atoms with E-state index in [0.717, 1.165) is 35.0 Å². The first kappa shape index (κ1) is 13.4. The Morgan fingerprint density at radius 1 is 1.10 bits per heavy atom. The third-order valence-electron chi connectivity index (χ3n) is 3.62. The minimum atomic E-state index is 0.358. The molecule has 0 saturated carbocycles. The molecular formula is C16H18N4O. The van der Waals surface area contributed by atoms with Crippen molar-refractivity contribution in [2.75, 3.05) is 5.73 Å². The zero-order valence-corrected chi connectivity index (χ0v) is 12.2. The molecule has 3 aromatic rings. The highest BCUT2D eigenvalue weighted by molar-refractivity contribution is 5.52. The Kier molecular flexibility index (Phi) is 3.48. The van der Waals surface area contributed by atoms with Crippen molar-refractivity contribution < 1.29 is 4.74 Å². The van der Waals surface area contributed by atoms with Crippen molar-refractivity contribution in [3.63, 3.8) is 0 Å². The van der Waals surface area contributed by atoms with Crippen LogP contribution in [0.15, 0.2) is 36.4 Å². The summed E-state index contributed by atoms with van der Waals surface area (Å²) in [5.41, 5.74) is 9.65. The van der Waals surface area contributed by atoms with Gasteiger partial charge in [0.05, 0.1) is 5.69 Å². The number of benzene rings is 1. The molecule has 0 atom stereocenters. The fraction of sp³-hybridized carbons (Fsp3) is 0.250. The summed E-state index contributed by atoms with van der Waals surface area (Å²) in [6.07, 6.45) is 1.02. The summed E-state index contributed by atoms with van der Waals surface area (Å²) in [4.78, 5) is 0. The van der Waals surface area contributed by atoms with Crippen molar-refractivity contribution >= 4 is 11.3 Å². The summed E-state index contributed by atoms with van der Waals surface area (Å²) in [5.74, 6) is 1.57. The Morgan fingerprint density at radius 2 is 1.86 bits per heavy atom. The molecular weight excluding hydrogens is 264 g/mol. The number of hydrogen-bond donors (Lipinski definition) is 1. The summed E-state index contributed by atoms with van der Waals surface area (Å²) in [6, 6.07) is 11.8. The third kappa shape index (κ3) is 2.54. The normalized spacial score (nSPS) is 11.0. The molecule has 0 aliphatic carbocycles. The standard InChI is InChI=1S/C16H18N4O/c1-3-12-4-6-13(7-5-12)21-10-16-19-18-15-9-8-14(17)11(2)20(15)16/h4-9H,3,10,17H2,1-2H3. The predicted octanol–water partition coefficient (Wildman–Crippen LogP) is 2.76. The van der Waals surface area contributed by atoms with Crippen molar-refractivity contribution in [1.29, 1.82) is 0 Å². The van der Waals surface area contributed by atoms with E-state index in [2.05, 4.69) is 29.3 Å². The summed E-state index contributed by atoms with van der Waals surface area (Å²) >= 11 is 0. The lowest BCUT2D eigenvalue weighted by Crippen LogP contribution is -2.05. The highest BCUT2D eigenvalue weighted by Gasteiger charge is 2.10. The van der Waals surface area contributed by atoms with E-state index in [9.17, 15) is 0 Å². The number of anilines is 1. The van der Waals surface area contributed by atoms with Gasteiger partial charge in [-0.15, -0.1) is 10.2 Å². The molecule has 0 saturated heterocycles. The van der Waals surface area contributed by atoms with Gasteiger partial charge in [-0.05, 0) is 43.2 Å². The molecule has 0 aliphatic rings. The highest BCUT2D eigenvalue weighted by atomic mass is 16.5. The molecule has 0 spiro atoms. The molecule has 21 heavy (non-hydrogen) atoms. The van der Waals surface area contributed by atoms with Crippen molar-refractivity contribution in [1.82, 2.24) is 14.6 Å². The smallest absolute Gasteiger partial charge is 0.175 e. The monoisotopic (exact) mass is 282 g/mol. The lowest BCUT2D eigenvalue weighted by Gasteiger charge is -2.08. The van der Waals surface area contributed by atoms with Gasteiger partial charge >= 0.3 is 0 Å². The quantitative estimate of drug-likeness (QED) is 0.799. The van der Waals surface area contributed by atoms with Crippen molar-refractivity contribution in [3.8, 4) is 5.75 Å². The van der Waals surface area contributed by atoms with E-state index in [-0.39, 0.29) is 0 Å². The number of fused-ring (bicyclic) bond motifs is 1. The highest BCUT2D eigenvalue weighted by Crippen LogP contribution is 2.17. The minimum absolute atomic E-state index is 0.358. The maximum atomic E-state index is 5.94. The topological polar surface area (TPSA) is 65.4 Å². The molecule has 5 nitrogen and oxygen atoms in total. The van der Waals surface area contributed by atoms with Gasteiger partial charge in [0.1, 0.15) is 12.4 Å². The number of nitrogens with two attached hydrogens (primary N) is 1. The number of aromatic nitrogens is 3. The number of ether oxygens (including phenoxy) is 1. The van der Waals surface area contributed by atoms with Gasteiger partial charge in [0, 0.05) is 5.69 Å². The van der Waals surface area contributed by atoms with Crippen LogP contribution in [0.3, 0.4) is 0 Å². The van der Waals surface area contributed by atoms with Crippen LogP contribution in [-0.4, -0.2) is 14.6 Å². The number of nitrogen functional groups attached to an aromatic ring is 1. The van der Waals surface area contributed by atoms with Crippen LogP contribution in [0.25, 0.3) is 5.65 Å². The molecule has 3 rings (SSSR count). The van der Waals surface area contributed by atoms with Crippen LogP contribution in [0, 0.1) is 6.92 Å². The maximum Gasteiger partial charge on any atom is 0.175 e. The van der Waals surface area contributed by atoms with Crippen LogP contribution in [0.4, 0.5) is 5.69 Å². The lowest BCUT2D eigenvalue weighted by molar-refractivity contribution is 0.294. The Labute approximate surface area is 123 Å². The SMILES string of the molecule is CCc1ccc(OCc2nnc3ccc(N)c(C)n23)cc1. The maximum absolute atomic E-state index is 5.94. The molecule has 5 heteroatoms. The van der Waals surface area contributed by atoms with Crippen LogP contribution in [0.1, 0.15) is 24.0 Å². The third-order valence-corrected chi connectivity index (χ3v) is 3.62. The Balaban J connectivity index is 1.83. The summed E-state index contributed by atoms with van der Waals surface area (Å²) in [7, 11) is 0. The van der Waals surface area contributed by atoms with E-state index >= 15 is 0 Å². The fourth-order valence-corrected chi connectivity index (χ4v) is 2.28. The van der Waals surface area contributed by atoms with Gasteiger partial charge in [-0.25, -0.2) is 0 Å². The molecule has 0 unspecified atom stereocenters. The second-order valence-corrected chi connectivity index (χ2v) is 4.97. The van der Waals surface area contributed by atoms with E-state index in [1.807, 2.05) is 35.6 Å². The van der Waals surface area contributed by atoms with E-state index in [1.165, 1.54) is 5.56 Å². The van der Waals surface area contributed by atoms with E-state index in [1.54, 1.807) is 0 Å². The second kappa shape index (κ2) is 5.44. The van der Waals surface area contributed by atoms with Crippen LogP contribution in [0.5, 0.6) is 5.75 Å². The van der Waals surface area contributed by atoms with Crippen molar-refractivity contribution in [3.05, 3.63) is 53.5 Å². The molecule has 0 amide bonds. The molecule has 0 bridgehead atoms. The van der Waals surface area contributed by atoms with Gasteiger partial charge in [-0.2, -0.15) is 0 Å². The van der Waals surface area contributed by atoms with Gasteiger partial charge in [-0.3, -0.25) is 4.40 Å². The first-order chi connectivity index (χ1) is 10.2. The Bertz CT molecular complexity index is 762. The van der Waals surface area contributed by atoms with Gasteiger partial charge in [0.2, 0.25) is 0 Å². The Morgan fingerprint density at radius 3 is 2.57 bits per heavy atom. The van der Waals surface area contributed by atoms with Crippen LogP contribution in [0.2, 0.25) is 0 Å². The van der Waals surface area contributed by atoms with Gasteiger partial charge in [0.15, 0.2) is 11.5 Å². The molecule has 0 aliphatic heterocycles. The largest absolute Gasteiger partial charge is 0.486 e. The number of hydrogen-bond acceptors (Lipinski definition) is 4. The van der Waals surface area contributed by atoms with E-state index in [4.69, 9.17) is 10.5 Å². The molecule has 2 N–H and O–H groups in total. The molecule has 1 aromatic carbocycles. The molecule has 2 aromatic heterocycles. The average Bonchev–Trinajstić information content (AvgIpc) is 2.93. The Hall–Kier alpha value is -2.56. The van der Waals surface area contributed by atoms with E-state index in [0.29, 0.717) is 6.61 Å². The number of aryl methyl sites for hydroxylation is 2. The second-order valence-electron chi connectivity index (χ2n) is 4.97. The molecule has 108 valence electrons. The minimum Gasteiger partial charge on any atom is -0.486 e. The first-order valence-corrected chi connectivity index (χ1v) is 7.00. The van der Waals surface area contributed by atoms with Gasteiger partial charge in [-0.1, -0.05) is 19.1 Å². The fourth-order valence-electron chi connectivity index (χ4n) is 2.28. The first-order valence-electron chi connectivity index (χ1n) is 7.00. The lowest BCUT2D eigenvalue weighted by atomic mass is 10.2. The molecule has 2 heterocycles. The average molecular weight is 282 g/mol. The molecule has 0 radical (unpaired) electrons. The van der Waals surface area contributed by atoms with Gasteiger partial charge < -0.3 is 10.5 Å². The van der Waals surface area contributed by atoms with Crippen LogP contribution >= 0.6 is 0 Å². The van der Waals surface area contributed by atoms with Crippen LogP contribution < -0.4 is 10.5 Å². The number of pyridine rings is 1. The summed E-state index contributed by atoms with van der Waals surface area (Å²) in [5, 5.41) is 8.32. The number of rotatable bonds is 4. The summed E-state index contributed by atoms with van der Waals surface area (Å²) < 4.78 is 7.72. The van der Waals surface area contributed by atoms with Crippen LogP contribution in [-0.2, 0) is 13.0 Å². The predicted molar refractivity (Wildman–Crippen MR) is 82.3 cm³/mol. The zero-order chi connectivity index (χ0) is 14.8. The van der Waals surface area contributed by atoms with Crippen molar-refractivity contribution in [2.24, 2.45) is 0 Å². The van der Waals surface area contributed by atoms with E-state index < -0.39 is 0 Å². The van der Waals surface area contributed by atoms with Crippen molar-refractivity contribution in [2.45, 2.75) is 26.9 Å². The summed E-state index contributed by atoms with van der Waals surface area (Å²) in [6.45, 7) is 4.44. The van der Waals surface area contributed by atoms with Gasteiger partial charge in [0.25, 0.3) is 0 Å². The number of nitrogens with zero attached hydrogens (tertiary/aromatic N) is 3. The zero-order valence-electron chi connectivity index (χ0n) is 12.2.